The summed E-state index contributed by atoms with van der Waals surface area (Å²) >= 11 is 1.70. The number of aromatic nitrogens is 1. The molecule has 1 amide bonds. The molecule has 0 unspecified atom stereocenters. The number of para-hydroxylation sites is 1. The van der Waals surface area contributed by atoms with E-state index in [1.54, 1.807) is 18.4 Å². The first-order valence-corrected chi connectivity index (χ1v) is 11.8. The zero-order valence-electron chi connectivity index (χ0n) is 17.7. The van der Waals surface area contributed by atoms with E-state index in [0.717, 1.165) is 63.4 Å². The maximum absolute atomic E-state index is 13.3. The van der Waals surface area contributed by atoms with Crippen LogP contribution in [0.4, 0.5) is 0 Å². The number of hydrogen-bond acceptors (Lipinski definition) is 6. The number of ether oxygens (including phenoxy) is 2. The molecule has 0 spiro atoms. The van der Waals surface area contributed by atoms with Crippen molar-refractivity contribution in [3.63, 3.8) is 0 Å². The van der Waals surface area contributed by atoms with Gasteiger partial charge >= 0.3 is 0 Å². The molecular weight excluding hydrogens is 398 g/mol. The van der Waals surface area contributed by atoms with E-state index in [1.165, 1.54) is 0 Å². The Morgan fingerprint density at radius 3 is 2.93 bits per heavy atom. The van der Waals surface area contributed by atoms with Crippen LogP contribution in [0.2, 0.25) is 0 Å². The minimum Gasteiger partial charge on any atom is -0.491 e. The van der Waals surface area contributed by atoms with Gasteiger partial charge in [-0.1, -0.05) is 18.6 Å². The zero-order chi connectivity index (χ0) is 20.8. The van der Waals surface area contributed by atoms with Gasteiger partial charge in [-0.15, -0.1) is 11.3 Å². The Kier molecular flexibility index (Phi) is 7.36. The van der Waals surface area contributed by atoms with E-state index in [2.05, 4.69) is 9.88 Å². The molecule has 2 aliphatic heterocycles. The lowest BCUT2D eigenvalue weighted by atomic mass is 9.89. The Bertz CT molecular complexity index is 814. The van der Waals surface area contributed by atoms with Gasteiger partial charge in [0.2, 0.25) is 0 Å². The third-order valence-corrected chi connectivity index (χ3v) is 6.94. The summed E-state index contributed by atoms with van der Waals surface area (Å²) in [5.41, 5.74) is 0.663. The standard InChI is InChI=1S/C23H31N3O3S/c1-28-20-9-12-26-16-18(20)6-4-5-11-25(17-22-24-10-15-30-22)13-14-29-21-8-3-2-7-19(21)23(26)27/h2-3,7-8,10,15,18,20H,4-6,9,11-14,16-17H2,1H3/t18-,20+/m0/s1. The predicted molar refractivity (Wildman–Crippen MR) is 118 cm³/mol. The smallest absolute Gasteiger partial charge is 0.257 e. The fourth-order valence-electron chi connectivity index (χ4n) is 4.54. The van der Waals surface area contributed by atoms with E-state index in [4.69, 9.17) is 9.47 Å². The zero-order valence-corrected chi connectivity index (χ0v) is 18.5. The van der Waals surface area contributed by atoms with Crippen LogP contribution in [0.25, 0.3) is 0 Å². The first-order valence-electron chi connectivity index (χ1n) is 10.9. The van der Waals surface area contributed by atoms with Crippen LogP contribution < -0.4 is 4.74 Å². The molecule has 6 nitrogen and oxygen atoms in total. The highest BCUT2D eigenvalue weighted by atomic mass is 32.1. The lowest BCUT2D eigenvalue weighted by molar-refractivity contribution is -0.00702. The van der Waals surface area contributed by atoms with Crippen molar-refractivity contribution in [2.45, 2.75) is 38.3 Å². The molecule has 0 radical (unpaired) electrons. The van der Waals surface area contributed by atoms with Crippen molar-refractivity contribution in [2.75, 3.05) is 39.9 Å². The summed E-state index contributed by atoms with van der Waals surface area (Å²) < 4.78 is 11.9. The second-order valence-electron chi connectivity index (χ2n) is 8.12. The maximum atomic E-state index is 13.3. The Labute approximate surface area is 182 Å². The summed E-state index contributed by atoms with van der Waals surface area (Å²) in [5, 5.41) is 3.16. The molecule has 4 rings (SSSR count). The van der Waals surface area contributed by atoms with Gasteiger partial charge in [0.05, 0.1) is 18.2 Å². The first-order chi connectivity index (χ1) is 14.7. The van der Waals surface area contributed by atoms with Crippen molar-refractivity contribution >= 4 is 17.2 Å². The quantitative estimate of drug-likeness (QED) is 0.745. The number of fused-ring (bicyclic) bond motifs is 3. The highest BCUT2D eigenvalue weighted by Gasteiger charge is 2.32. The molecule has 0 N–H and O–H groups in total. The van der Waals surface area contributed by atoms with Gasteiger partial charge in [-0.2, -0.15) is 0 Å². The minimum absolute atomic E-state index is 0.0712. The lowest BCUT2D eigenvalue weighted by Gasteiger charge is -2.38. The summed E-state index contributed by atoms with van der Waals surface area (Å²) in [5.74, 6) is 1.14. The maximum Gasteiger partial charge on any atom is 0.257 e. The van der Waals surface area contributed by atoms with Gasteiger partial charge in [-0.05, 0) is 37.9 Å². The van der Waals surface area contributed by atoms with Crippen molar-refractivity contribution in [3.05, 3.63) is 46.4 Å². The number of amides is 1. The minimum atomic E-state index is 0.0712. The predicted octanol–water partition coefficient (Wildman–Crippen LogP) is 3.69. The van der Waals surface area contributed by atoms with Gasteiger partial charge in [0.1, 0.15) is 17.4 Å². The molecule has 2 aliphatic rings. The molecule has 2 atom stereocenters. The molecule has 1 saturated heterocycles. The fraction of sp³-hybridized carbons (Fsp3) is 0.565. The number of methoxy groups -OCH3 is 1. The van der Waals surface area contributed by atoms with Crippen LogP contribution in [0, 0.1) is 5.92 Å². The van der Waals surface area contributed by atoms with Gasteiger partial charge in [0.25, 0.3) is 5.91 Å². The number of thiazole rings is 1. The Balaban J connectivity index is 1.53. The highest BCUT2D eigenvalue weighted by Crippen LogP contribution is 2.28. The van der Waals surface area contributed by atoms with Crippen LogP contribution in [0.15, 0.2) is 35.8 Å². The Morgan fingerprint density at radius 1 is 1.20 bits per heavy atom. The number of hydrogen-bond donors (Lipinski definition) is 0. The molecule has 0 aliphatic carbocycles. The normalized spacial score (nSPS) is 24.0. The van der Waals surface area contributed by atoms with Crippen LogP contribution >= 0.6 is 11.3 Å². The van der Waals surface area contributed by atoms with Crippen LogP contribution in [0.1, 0.15) is 41.0 Å². The summed E-state index contributed by atoms with van der Waals surface area (Å²) in [6, 6.07) is 7.64. The molecule has 3 heterocycles. The van der Waals surface area contributed by atoms with Crippen LogP contribution in [0.5, 0.6) is 5.75 Å². The van der Waals surface area contributed by atoms with Gasteiger partial charge in [0.15, 0.2) is 0 Å². The van der Waals surface area contributed by atoms with E-state index in [9.17, 15) is 4.79 Å². The number of rotatable bonds is 3. The van der Waals surface area contributed by atoms with Crippen molar-refractivity contribution in [3.8, 4) is 5.75 Å². The van der Waals surface area contributed by atoms with Gasteiger partial charge in [-0.25, -0.2) is 4.98 Å². The van der Waals surface area contributed by atoms with Crippen LogP contribution in [-0.4, -0.2) is 66.7 Å². The van der Waals surface area contributed by atoms with Crippen molar-refractivity contribution in [2.24, 2.45) is 5.92 Å². The van der Waals surface area contributed by atoms with Crippen molar-refractivity contribution in [1.29, 1.82) is 0 Å². The second kappa shape index (κ2) is 10.4. The number of piperidine rings is 1. The Hall–Kier alpha value is -1.96. The topological polar surface area (TPSA) is 54.9 Å². The van der Waals surface area contributed by atoms with Crippen LogP contribution in [-0.2, 0) is 11.3 Å². The van der Waals surface area contributed by atoms with Crippen LogP contribution in [0.3, 0.4) is 0 Å². The fourth-order valence-corrected chi connectivity index (χ4v) is 5.20. The third kappa shape index (κ3) is 5.20. The summed E-state index contributed by atoms with van der Waals surface area (Å²) in [7, 11) is 1.80. The van der Waals surface area contributed by atoms with Crippen molar-refractivity contribution in [1.82, 2.24) is 14.8 Å². The van der Waals surface area contributed by atoms with Crippen molar-refractivity contribution < 1.29 is 14.3 Å². The molecule has 7 heteroatoms. The van der Waals surface area contributed by atoms with E-state index in [0.29, 0.717) is 23.8 Å². The molecule has 162 valence electrons. The first kappa shape index (κ1) is 21.3. The average Bonchev–Trinajstić information content (AvgIpc) is 3.29. The number of carbonyl (C=O) groups is 1. The monoisotopic (exact) mass is 429 g/mol. The second-order valence-corrected chi connectivity index (χ2v) is 9.10. The molecule has 1 aromatic heterocycles. The number of benzene rings is 1. The molecule has 2 aromatic rings. The Morgan fingerprint density at radius 2 is 2.10 bits per heavy atom. The SMILES string of the molecule is CO[C@@H]1CCN2C[C@@H]1CCCCN(Cc1nccs1)CCOc1ccccc1C2=O. The van der Waals surface area contributed by atoms with E-state index in [1.807, 2.05) is 40.7 Å². The molecular formula is C23H31N3O3S. The summed E-state index contributed by atoms with van der Waals surface area (Å²) in [4.78, 5) is 22.1. The third-order valence-electron chi connectivity index (χ3n) is 6.18. The molecule has 2 bridgehead atoms. The van der Waals surface area contributed by atoms with E-state index >= 15 is 0 Å². The molecule has 0 saturated carbocycles. The largest absolute Gasteiger partial charge is 0.491 e. The summed E-state index contributed by atoms with van der Waals surface area (Å²) in [6.45, 7) is 4.75. The van der Waals surface area contributed by atoms with E-state index < -0.39 is 0 Å². The lowest BCUT2D eigenvalue weighted by Crippen LogP contribution is -2.46. The molecule has 1 aromatic carbocycles. The average molecular weight is 430 g/mol. The summed E-state index contributed by atoms with van der Waals surface area (Å²) in [6.07, 6.45) is 6.35. The number of nitrogens with zero attached hydrogens (tertiary/aromatic N) is 3. The van der Waals surface area contributed by atoms with Gasteiger partial charge < -0.3 is 14.4 Å². The highest BCUT2D eigenvalue weighted by molar-refractivity contribution is 7.09. The number of carbonyl (C=O) groups excluding carboxylic acids is 1. The molecule has 1 fully saturated rings. The molecule has 30 heavy (non-hydrogen) atoms. The van der Waals surface area contributed by atoms with E-state index in [-0.39, 0.29) is 12.0 Å². The van der Waals surface area contributed by atoms with Gasteiger partial charge in [0, 0.05) is 44.2 Å². The van der Waals surface area contributed by atoms with Gasteiger partial charge in [-0.3, -0.25) is 9.69 Å².